The second-order valence-corrected chi connectivity index (χ2v) is 6.47. The average Bonchev–Trinajstić information content (AvgIpc) is 2.51. The molecule has 1 N–H and O–H groups in total. The first-order chi connectivity index (χ1) is 10.2. The lowest BCUT2D eigenvalue weighted by molar-refractivity contribution is 0.359. The fourth-order valence-electron chi connectivity index (χ4n) is 2.73. The monoisotopic (exact) mass is 278 g/mol. The van der Waals surface area contributed by atoms with Crippen molar-refractivity contribution in [3.05, 3.63) is 71.8 Å². The van der Waals surface area contributed by atoms with Crippen LogP contribution in [-0.4, -0.2) is 18.9 Å². The third-order valence-electron chi connectivity index (χ3n) is 3.96. The molecule has 0 aromatic heterocycles. The number of nitrogens with zero attached hydrogens (tertiary/aromatic N) is 1. The molecule has 0 spiro atoms. The van der Waals surface area contributed by atoms with Crippen LogP contribution in [0.2, 0.25) is 0 Å². The van der Waals surface area contributed by atoms with E-state index in [0.29, 0.717) is 0 Å². The fourth-order valence-corrected chi connectivity index (χ4v) is 2.73. The van der Waals surface area contributed by atoms with Gasteiger partial charge in [-0.05, 0) is 11.1 Å². The van der Waals surface area contributed by atoms with Gasteiger partial charge in [0.2, 0.25) is 0 Å². The average molecular weight is 278 g/mol. The molecule has 1 heterocycles. The Morgan fingerprint density at radius 2 is 1.43 bits per heavy atom. The van der Waals surface area contributed by atoms with Crippen LogP contribution in [0.1, 0.15) is 30.9 Å². The van der Waals surface area contributed by atoms with E-state index in [0.717, 1.165) is 18.9 Å². The summed E-state index contributed by atoms with van der Waals surface area (Å²) in [4.78, 5) is 4.84. The second kappa shape index (κ2) is 5.72. The minimum atomic E-state index is 0.198. The number of aliphatic imine (C=N–C) groups is 1. The molecule has 2 heteroatoms. The van der Waals surface area contributed by atoms with Gasteiger partial charge >= 0.3 is 0 Å². The van der Waals surface area contributed by atoms with E-state index in [2.05, 4.69) is 79.8 Å². The number of hydrogen-bond acceptors (Lipinski definition) is 2. The summed E-state index contributed by atoms with van der Waals surface area (Å²) in [5.74, 6) is 1.29. The van der Waals surface area contributed by atoms with Gasteiger partial charge in [-0.2, -0.15) is 0 Å². The SMILES string of the molecule is CC1(C)CN=C(C(c2ccccc2)c2ccccc2)NC1. The van der Waals surface area contributed by atoms with E-state index >= 15 is 0 Å². The van der Waals surface area contributed by atoms with Crippen LogP contribution in [0.15, 0.2) is 65.7 Å². The molecular formula is C19H22N2. The van der Waals surface area contributed by atoms with Gasteiger partial charge in [0.15, 0.2) is 0 Å². The van der Waals surface area contributed by atoms with E-state index in [4.69, 9.17) is 4.99 Å². The minimum absolute atomic E-state index is 0.198. The highest BCUT2D eigenvalue weighted by Crippen LogP contribution is 2.28. The Balaban J connectivity index is 2.00. The van der Waals surface area contributed by atoms with Crippen molar-refractivity contribution in [3.8, 4) is 0 Å². The molecule has 2 aromatic carbocycles. The van der Waals surface area contributed by atoms with E-state index in [-0.39, 0.29) is 11.3 Å². The highest BCUT2D eigenvalue weighted by molar-refractivity contribution is 5.92. The predicted molar refractivity (Wildman–Crippen MR) is 88.8 cm³/mol. The van der Waals surface area contributed by atoms with Crippen LogP contribution in [0.3, 0.4) is 0 Å². The molecule has 0 saturated carbocycles. The first kappa shape index (κ1) is 13.9. The van der Waals surface area contributed by atoms with Crippen molar-refractivity contribution in [1.82, 2.24) is 5.32 Å². The second-order valence-electron chi connectivity index (χ2n) is 6.47. The zero-order valence-electron chi connectivity index (χ0n) is 12.7. The molecule has 0 bridgehead atoms. The summed E-state index contributed by atoms with van der Waals surface area (Å²) in [5, 5.41) is 3.56. The lowest BCUT2D eigenvalue weighted by Gasteiger charge is -2.32. The zero-order valence-corrected chi connectivity index (χ0v) is 12.7. The molecule has 3 rings (SSSR count). The Labute approximate surface area is 126 Å². The maximum atomic E-state index is 4.84. The van der Waals surface area contributed by atoms with Gasteiger partial charge in [-0.1, -0.05) is 74.5 Å². The van der Waals surface area contributed by atoms with Crippen LogP contribution >= 0.6 is 0 Å². The molecular weight excluding hydrogens is 256 g/mol. The zero-order chi connectivity index (χ0) is 14.7. The number of benzene rings is 2. The summed E-state index contributed by atoms with van der Waals surface area (Å²) in [7, 11) is 0. The molecule has 1 aliphatic heterocycles. The van der Waals surface area contributed by atoms with Crippen molar-refractivity contribution in [1.29, 1.82) is 0 Å². The molecule has 1 aliphatic rings. The Morgan fingerprint density at radius 3 is 1.86 bits per heavy atom. The third-order valence-corrected chi connectivity index (χ3v) is 3.96. The molecule has 108 valence electrons. The van der Waals surface area contributed by atoms with E-state index in [9.17, 15) is 0 Å². The van der Waals surface area contributed by atoms with Crippen LogP contribution in [0.4, 0.5) is 0 Å². The number of hydrogen-bond donors (Lipinski definition) is 1. The van der Waals surface area contributed by atoms with E-state index in [1.54, 1.807) is 0 Å². The van der Waals surface area contributed by atoms with Crippen molar-refractivity contribution in [2.24, 2.45) is 10.4 Å². The van der Waals surface area contributed by atoms with Crippen LogP contribution in [0.25, 0.3) is 0 Å². The lowest BCUT2D eigenvalue weighted by Crippen LogP contribution is -2.43. The number of nitrogens with one attached hydrogen (secondary N) is 1. The van der Waals surface area contributed by atoms with Gasteiger partial charge in [0.25, 0.3) is 0 Å². The van der Waals surface area contributed by atoms with Crippen molar-refractivity contribution in [2.45, 2.75) is 19.8 Å². The van der Waals surface area contributed by atoms with Crippen molar-refractivity contribution < 1.29 is 0 Å². The third kappa shape index (κ3) is 3.15. The first-order valence-electron chi connectivity index (χ1n) is 7.54. The molecule has 0 saturated heterocycles. The molecule has 2 nitrogen and oxygen atoms in total. The normalized spacial score (nSPS) is 17.2. The standard InChI is InChI=1S/C19H22N2/c1-19(2)13-20-18(21-14-19)17(15-9-5-3-6-10-15)16-11-7-4-8-12-16/h3-12,17H,13-14H2,1-2H3,(H,20,21). The molecule has 0 unspecified atom stereocenters. The summed E-state index contributed by atoms with van der Waals surface area (Å²) < 4.78 is 0. The summed E-state index contributed by atoms with van der Waals surface area (Å²) in [5.41, 5.74) is 2.81. The Hall–Kier alpha value is -2.09. The lowest BCUT2D eigenvalue weighted by atomic mass is 9.87. The van der Waals surface area contributed by atoms with E-state index in [1.165, 1.54) is 11.1 Å². The van der Waals surface area contributed by atoms with Crippen molar-refractivity contribution in [3.63, 3.8) is 0 Å². The Morgan fingerprint density at radius 1 is 0.905 bits per heavy atom. The Bertz CT molecular complexity index is 575. The minimum Gasteiger partial charge on any atom is -0.372 e. The maximum absolute atomic E-state index is 4.84. The smallest absolute Gasteiger partial charge is 0.108 e. The molecule has 0 radical (unpaired) electrons. The largest absolute Gasteiger partial charge is 0.372 e. The predicted octanol–water partition coefficient (Wildman–Crippen LogP) is 3.85. The quantitative estimate of drug-likeness (QED) is 0.906. The molecule has 0 amide bonds. The van der Waals surface area contributed by atoms with Gasteiger partial charge in [0.05, 0.1) is 5.92 Å². The molecule has 0 fully saturated rings. The number of rotatable bonds is 3. The Kier molecular flexibility index (Phi) is 3.78. The highest BCUT2D eigenvalue weighted by Gasteiger charge is 2.27. The summed E-state index contributed by atoms with van der Waals surface area (Å²) in [6.07, 6.45) is 0. The highest BCUT2D eigenvalue weighted by atomic mass is 15.0. The van der Waals surface area contributed by atoms with E-state index in [1.807, 2.05) is 0 Å². The molecule has 21 heavy (non-hydrogen) atoms. The summed E-state index contributed by atoms with van der Waals surface area (Å²) in [6, 6.07) is 21.2. The summed E-state index contributed by atoms with van der Waals surface area (Å²) in [6.45, 7) is 6.36. The van der Waals surface area contributed by atoms with Crippen molar-refractivity contribution >= 4 is 5.84 Å². The van der Waals surface area contributed by atoms with Gasteiger partial charge < -0.3 is 5.32 Å². The van der Waals surface area contributed by atoms with Crippen LogP contribution in [-0.2, 0) is 0 Å². The van der Waals surface area contributed by atoms with Gasteiger partial charge in [0.1, 0.15) is 5.84 Å². The van der Waals surface area contributed by atoms with Gasteiger partial charge in [0, 0.05) is 18.5 Å². The first-order valence-corrected chi connectivity index (χ1v) is 7.54. The molecule has 0 atom stereocenters. The topological polar surface area (TPSA) is 24.4 Å². The van der Waals surface area contributed by atoms with Crippen LogP contribution < -0.4 is 5.32 Å². The maximum Gasteiger partial charge on any atom is 0.108 e. The summed E-state index contributed by atoms with van der Waals surface area (Å²) >= 11 is 0. The van der Waals surface area contributed by atoms with Gasteiger partial charge in [-0.15, -0.1) is 0 Å². The van der Waals surface area contributed by atoms with Crippen LogP contribution in [0.5, 0.6) is 0 Å². The van der Waals surface area contributed by atoms with Crippen LogP contribution in [0, 0.1) is 5.41 Å². The number of amidine groups is 1. The van der Waals surface area contributed by atoms with E-state index < -0.39 is 0 Å². The van der Waals surface area contributed by atoms with Gasteiger partial charge in [-0.25, -0.2) is 0 Å². The molecule has 0 aliphatic carbocycles. The van der Waals surface area contributed by atoms with Gasteiger partial charge in [-0.3, -0.25) is 4.99 Å². The fraction of sp³-hybridized carbons (Fsp3) is 0.316. The molecule has 2 aromatic rings. The van der Waals surface area contributed by atoms with Crippen molar-refractivity contribution in [2.75, 3.05) is 13.1 Å².